The van der Waals surface area contributed by atoms with Crippen molar-refractivity contribution in [2.45, 2.75) is 51.5 Å². The van der Waals surface area contributed by atoms with E-state index in [0.29, 0.717) is 12.0 Å². The summed E-state index contributed by atoms with van der Waals surface area (Å²) in [6, 6.07) is 6.73. The van der Waals surface area contributed by atoms with Gasteiger partial charge in [0.1, 0.15) is 11.6 Å². The van der Waals surface area contributed by atoms with Gasteiger partial charge >= 0.3 is 0 Å². The van der Waals surface area contributed by atoms with Gasteiger partial charge < -0.3 is 4.74 Å². The summed E-state index contributed by atoms with van der Waals surface area (Å²) in [5.41, 5.74) is 1.00. The van der Waals surface area contributed by atoms with E-state index in [1.54, 1.807) is 0 Å². The molecular weight excluding hydrogens is 314 g/mol. The van der Waals surface area contributed by atoms with Gasteiger partial charge in [0.15, 0.2) is 5.82 Å². The highest BCUT2D eigenvalue weighted by Crippen LogP contribution is 2.30. The molecule has 25 heavy (non-hydrogen) atoms. The van der Waals surface area contributed by atoms with E-state index in [9.17, 15) is 0 Å². The normalized spacial score (nSPS) is 23.0. The molecule has 0 saturated carbocycles. The van der Waals surface area contributed by atoms with Crippen LogP contribution in [-0.2, 0) is 4.74 Å². The van der Waals surface area contributed by atoms with Crippen molar-refractivity contribution in [3.05, 3.63) is 35.5 Å². The predicted octanol–water partition coefficient (Wildman–Crippen LogP) is 2.64. The van der Waals surface area contributed by atoms with Crippen LogP contribution in [0.4, 0.5) is 0 Å². The minimum Gasteiger partial charge on any atom is -0.381 e. The van der Waals surface area contributed by atoms with Crippen LogP contribution in [0.25, 0.3) is 5.82 Å². The summed E-state index contributed by atoms with van der Waals surface area (Å²) in [4.78, 5) is 12.1. The van der Waals surface area contributed by atoms with Gasteiger partial charge in [-0.15, -0.1) is 5.10 Å². The van der Waals surface area contributed by atoms with E-state index in [-0.39, 0.29) is 0 Å². The molecule has 2 aliphatic heterocycles. The summed E-state index contributed by atoms with van der Waals surface area (Å²) < 4.78 is 7.49. The van der Waals surface area contributed by atoms with E-state index >= 15 is 0 Å². The zero-order valence-electron chi connectivity index (χ0n) is 15.2. The number of pyridine rings is 1. The number of hydrogen-bond donors (Lipinski definition) is 0. The van der Waals surface area contributed by atoms with Gasteiger partial charge in [-0.1, -0.05) is 6.07 Å². The Labute approximate surface area is 149 Å². The van der Waals surface area contributed by atoms with E-state index in [2.05, 4.69) is 15.0 Å². The Morgan fingerprint density at radius 3 is 2.72 bits per heavy atom. The summed E-state index contributed by atoms with van der Waals surface area (Å²) in [6.07, 6.45) is 4.69. The third-order valence-corrected chi connectivity index (χ3v) is 5.35. The van der Waals surface area contributed by atoms with Gasteiger partial charge in [-0.3, -0.25) is 4.90 Å². The number of ether oxygens (including phenoxy) is 1. The lowest BCUT2D eigenvalue weighted by Gasteiger charge is -2.39. The topological polar surface area (TPSA) is 56.1 Å². The first-order valence-corrected chi connectivity index (χ1v) is 9.40. The summed E-state index contributed by atoms with van der Waals surface area (Å²) >= 11 is 0. The van der Waals surface area contributed by atoms with Crippen LogP contribution in [0.1, 0.15) is 48.9 Å². The highest BCUT2D eigenvalue weighted by atomic mass is 16.5. The first kappa shape index (κ1) is 16.7. The molecule has 0 unspecified atom stereocenters. The number of piperidine rings is 1. The fraction of sp³-hybridized carbons (Fsp3) is 0.632. The lowest BCUT2D eigenvalue weighted by molar-refractivity contribution is 0.0234. The fourth-order valence-electron chi connectivity index (χ4n) is 4.11. The van der Waals surface area contributed by atoms with Crippen LogP contribution in [0.3, 0.4) is 0 Å². The van der Waals surface area contributed by atoms with Crippen LogP contribution in [-0.4, -0.2) is 57.0 Å². The second-order valence-electron chi connectivity index (χ2n) is 7.24. The minimum atomic E-state index is 0.417. The number of nitrogens with zero attached hydrogens (tertiary/aromatic N) is 5. The second kappa shape index (κ2) is 7.22. The molecule has 2 aromatic heterocycles. The number of aromatic nitrogens is 4. The van der Waals surface area contributed by atoms with Gasteiger partial charge in [0.25, 0.3) is 0 Å². The van der Waals surface area contributed by atoms with Gasteiger partial charge in [0, 0.05) is 37.4 Å². The maximum atomic E-state index is 5.53. The van der Waals surface area contributed by atoms with E-state index in [1.807, 2.05) is 36.7 Å². The Morgan fingerprint density at radius 2 is 1.92 bits per heavy atom. The highest BCUT2D eigenvalue weighted by Gasteiger charge is 2.31. The first-order valence-electron chi connectivity index (χ1n) is 9.40. The lowest BCUT2D eigenvalue weighted by atomic mass is 9.94. The molecule has 0 bridgehead atoms. The Hall–Kier alpha value is -1.79. The van der Waals surface area contributed by atoms with E-state index in [0.717, 1.165) is 55.8 Å². The summed E-state index contributed by atoms with van der Waals surface area (Å²) in [5, 5.41) is 4.64. The molecule has 2 aliphatic rings. The van der Waals surface area contributed by atoms with Gasteiger partial charge in [-0.05, 0) is 58.2 Å². The maximum Gasteiger partial charge on any atom is 0.155 e. The summed E-state index contributed by atoms with van der Waals surface area (Å²) in [6.45, 7) is 8.03. The average molecular weight is 341 g/mol. The quantitative estimate of drug-likeness (QED) is 0.859. The molecule has 0 spiro atoms. The van der Waals surface area contributed by atoms with Gasteiger partial charge in [-0.25, -0.2) is 9.97 Å². The Balaban J connectivity index is 1.59. The van der Waals surface area contributed by atoms with Crippen molar-refractivity contribution < 1.29 is 4.74 Å². The number of rotatable bonds is 3. The van der Waals surface area contributed by atoms with Crippen LogP contribution in [0, 0.1) is 13.8 Å². The molecule has 0 aromatic carbocycles. The van der Waals surface area contributed by atoms with Crippen LogP contribution < -0.4 is 0 Å². The highest BCUT2D eigenvalue weighted by molar-refractivity contribution is 5.26. The molecule has 0 amide bonds. The third kappa shape index (κ3) is 3.60. The van der Waals surface area contributed by atoms with Crippen LogP contribution in [0.15, 0.2) is 18.2 Å². The van der Waals surface area contributed by atoms with Crippen LogP contribution in [0.5, 0.6) is 0 Å². The predicted molar refractivity (Wildman–Crippen MR) is 96.0 cm³/mol. The molecule has 0 aliphatic carbocycles. The molecular formula is C19H27N5O. The Kier molecular flexibility index (Phi) is 4.81. The van der Waals surface area contributed by atoms with Gasteiger partial charge in [0.2, 0.25) is 0 Å². The molecule has 4 heterocycles. The molecule has 6 heteroatoms. The van der Waals surface area contributed by atoms with Crippen molar-refractivity contribution in [2.24, 2.45) is 0 Å². The van der Waals surface area contributed by atoms with Gasteiger partial charge in [0.05, 0.1) is 0 Å². The Bertz CT molecular complexity index is 722. The van der Waals surface area contributed by atoms with E-state index in [1.165, 1.54) is 19.4 Å². The third-order valence-electron chi connectivity index (χ3n) is 5.35. The summed E-state index contributed by atoms with van der Waals surface area (Å²) in [7, 11) is 0. The van der Waals surface area contributed by atoms with Crippen molar-refractivity contribution >= 4 is 0 Å². The van der Waals surface area contributed by atoms with Crippen molar-refractivity contribution in [2.75, 3.05) is 26.3 Å². The SMILES string of the molecule is Cc1cccc(-n2nc(C)nc2[C@H]2CCCN(C3CCOCC3)C2)n1. The second-order valence-corrected chi connectivity index (χ2v) is 7.24. The van der Waals surface area contributed by atoms with Crippen molar-refractivity contribution in [3.63, 3.8) is 0 Å². The zero-order valence-corrected chi connectivity index (χ0v) is 15.2. The van der Waals surface area contributed by atoms with E-state index < -0.39 is 0 Å². The maximum absolute atomic E-state index is 5.53. The fourth-order valence-corrected chi connectivity index (χ4v) is 4.11. The minimum absolute atomic E-state index is 0.417. The zero-order chi connectivity index (χ0) is 17.2. The largest absolute Gasteiger partial charge is 0.381 e. The molecule has 2 saturated heterocycles. The molecule has 0 radical (unpaired) electrons. The molecule has 1 atom stereocenters. The summed E-state index contributed by atoms with van der Waals surface area (Å²) in [5.74, 6) is 3.17. The molecule has 2 aromatic rings. The molecule has 2 fully saturated rings. The van der Waals surface area contributed by atoms with Crippen LogP contribution in [0.2, 0.25) is 0 Å². The number of likely N-dealkylation sites (tertiary alicyclic amines) is 1. The smallest absolute Gasteiger partial charge is 0.155 e. The molecule has 6 nitrogen and oxygen atoms in total. The van der Waals surface area contributed by atoms with Crippen LogP contribution >= 0.6 is 0 Å². The number of aryl methyl sites for hydroxylation is 2. The Morgan fingerprint density at radius 1 is 1.08 bits per heavy atom. The average Bonchev–Trinajstić information content (AvgIpc) is 3.04. The monoisotopic (exact) mass is 341 g/mol. The standard InChI is InChI=1S/C19H27N5O/c1-14-5-3-7-18(20-14)24-19(21-15(2)22-24)16-6-4-10-23(13-16)17-8-11-25-12-9-17/h3,5,7,16-17H,4,6,8-13H2,1-2H3/t16-/m0/s1. The van der Waals surface area contributed by atoms with Crippen molar-refractivity contribution in [3.8, 4) is 5.82 Å². The first-order chi connectivity index (χ1) is 12.2. The van der Waals surface area contributed by atoms with Gasteiger partial charge in [-0.2, -0.15) is 4.68 Å². The van der Waals surface area contributed by atoms with E-state index in [4.69, 9.17) is 9.72 Å². The van der Waals surface area contributed by atoms with Crippen molar-refractivity contribution in [1.82, 2.24) is 24.6 Å². The molecule has 4 rings (SSSR count). The molecule has 0 N–H and O–H groups in total. The molecule has 134 valence electrons. The number of hydrogen-bond acceptors (Lipinski definition) is 5. The van der Waals surface area contributed by atoms with Crippen molar-refractivity contribution in [1.29, 1.82) is 0 Å². The lowest BCUT2D eigenvalue weighted by Crippen LogP contribution is -2.45.